The summed E-state index contributed by atoms with van der Waals surface area (Å²) in [6, 6.07) is 3.76. The third-order valence-corrected chi connectivity index (χ3v) is 2.49. The summed E-state index contributed by atoms with van der Waals surface area (Å²) in [6.07, 6.45) is 1.19. The second kappa shape index (κ2) is 4.82. The predicted molar refractivity (Wildman–Crippen MR) is 65.0 cm³/mol. The zero-order valence-corrected chi connectivity index (χ0v) is 9.57. The van der Waals surface area contributed by atoms with E-state index in [4.69, 9.17) is 5.84 Å². The third-order valence-electron chi connectivity index (χ3n) is 2.49. The Morgan fingerprint density at radius 2 is 2.26 bits per heavy atom. The van der Waals surface area contributed by atoms with E-state index in [2.05, 4.69) is 4.98 Å². The van der Waals surface area contributed by atoms with Crippen LogP contribution < -0.4 is 16.8 Å². The van der Waals surface area contributed by atoms with Crippen LogP contribution in [0.15, 0.2) is 29.3 Å². The van der Waals surface area contributed by atoms with Crippen LogP contribution in [-0.4, -0.2) is 20.4 Å². The Morgan fingerprint density at radius 3 is 2.89 bits per heavy atom. The Labute approximate surface area is 105 Å². The molecule has 2 rings (SSSR count). The molecule has 9 nitrogen and oxygen atoms in total. The predicted octanol–water partition coefficient (Wildman–Crippen LogP) is -0.705. The van der Waals surface area contributed by atoms with Crippen molar-refractivity contribution in [3.05, 3.63) is 45.0 Å². The van der Waals surface area contributed by atoms with E-state index >= 15 is 0 Å². The second-order valence-corrected chi connectivity index (χ2v) is 3.70. The number of hydrogen-bond donors (Lipinski definition) is 2. The number of rotatable bonds is 3. The average Bonchev–Trinajstić information content (AvgIpc) is 2.41. The Hall–Kier alpha value is -2.81. The van der Waals surface area contributed by atoms with Crippen molar-refractivity contribution in [1.29, 1.82) is 0 Å². The van der Waals surface area contributed by atoms with Gasteiger partial charge in [-0.15, -0.1) is 0 Å². The Morgan fingerprint density at radius 1 is 1.53 bits per heavy atom. The number of aromatic nitrogens is 2. The summed E-state index contributed by atoms with van der Waals surface area (Å²) in [7, 11) is 0. The molecule has 19 heavy (non-hydrogen) atoms. The molecule has 1 heterocycles. The van der Waals surface area contributed by atoms with Crippen LogP contribution in [0.3, 0.4) is 0 Å². The summed E-state index contributed by atoms with van der Waals surface area (Å²) in [5, 5.41) is 10.7. The fraction of sp³-hybridized carbons (Fsp3) is 0.100. The van der Waals surface area contributed by atoms with Gasteiger partial charge in [-0.05, 0) is 6.07 Å². The highest BCUT2D eigenvalue weighted by molar-refractivity contribution is 5.80. The van der Waals surface area contributed by atoms with Gasteiger partial charge in [0.15, 0.2) is 0 Å². The number of benzene rings is 1. The van der Waals surface area contributed by atoms with Crippen LogP contribution in [0, 0.1) is 10.1 Å². The molecule has 0 radical (unpaired) electrons. The minimum Gasteiger partial charge on any atom is -0.293 e. The molecular formula is C10H9N5O4. The van der Waals surface area contributed by atoms with Crippen LogP contribution in [-0.2, 0) is 11.3 Å². The first-order valence-electron chi connectivity index (χ1n) is 5.16. The molecule has 0 atom stereocenters. The maximum Gasteiger partial charge on any atom is 0.270 e. The average molecular weight is 263 g/mol. The van der Waals surface area contributed by atoms with Crippen molar-refractivity contribution in [3.8, 4) is 0 Å². The van der Waals surface area contributed by atoms with Gasteiger partial charge in [-0.25, -0.2) is 10.8 Å². The molecule has 0 unspecified atom stereocenters. The molecular weight excluding hydrogens is 254 g/mol. The molecule has 1 aromatic heterocycles. The molecule has 3 N–H and O–H groups in total. The van der Waals surface area contributed by atoms with Gasteiger partial charge in [-0.3, -0.25) is 29.7 Å². The van der Waals surface area contributed by atoms with Gasteiger partial charge in [0.1, 0.15) is 6.54 Å². The summed E-state index contributed by atoms with van der Waals surface area (Å²) in [4.78, 5) is 37.1. The highest BCUT2D eigenvalue weighted by Gasteiger charge is 2.11. The Balaban J connectivity index is 2.59. The molecule has 0 aliphatic heterocycles. The monoisotopic (exact) mass is 263 g/mol. The van der Waals surface area contributed by atoms with Crippen molar-refractivity contribution in [2.45, 2.75) is 6.54 Å². The lowest BCUT2D eigenvalue weighted by Gasteiger charge is -2.05. The molecule has 0 bridgehead atoms. The number of amides is 1. The molecule has 2 aromatic rings. The lowest BCUT2D eigenvalue weighted by Crippen LogP contribution is -2.36. The maximum absolute atomic E-state index is 12.0. The number of nitrogens with zero attached hydrogens (tertiary/aromatic N) is 3. The van der Waals surface area contributed by atoms with Gasteiger partial charge in [0.2, 0.25) is 0 Å². The summed E-state index contributed by atoms with van der Waals surface area (Å²) in [6.45, 7) is -0.305. The number of nitrogens with two attached hydrogens (primary N) is 1. The zero-order chi connectivity index (χ0) is 14.0. The van der Waals surface area contributed by atoms with E-state index in [1.54, 1.807) is 0 Å². The van der Waals surface area contributed by atoms with Gasteiger partial charge in [0, 0.05) is 12.1 Å². The summed E-state index contributed by atoms with van der Waals surface area (Å²) >= 11 is 0. The van der Waals surface area contributed by atoms with Gasteiger partial charge in [0.05, 0.1) is 22.2 Å². The van der Waals surface area contributed by atoms with E-state index in [0.29, 0.717) is 5.52 Å². The van der Waals surface area contributed by atoms with Gasteiger partial charge in [-0.1, -0.05) is 0 Å². The van der Waals surface area contributed by atoms with Crippen LogP contribution in [0.25, 0.3) is 10.9 Å². The van der Waals surface area contributed by atoms with E-state index in [1.807, 2.05) is 5.43 Å². The summed E-state index contributed by atoms with van der Waals surface area (Å²) < 4.78 is 1.02. The highest BCUT2D eigenvalue weighted by Crippen LogP contribution is 2.15. The van der Waals surface area contributed by atoms with Gasteiger partial charge in [0.25, 0.3) is 17.2 Å². The minimum atomic E-state index is -0.608. The lowest BCUT2D eigenvalue weighted by atomic mass is 10.2. The highest BCUT2D eigenvalue weighted by atomic mass is 16.6. The molecule has 0 aliphatic carbocycles. The summed E-state index contributed by atoms with van der Waals surface area (Å²) in [5.41, 5.74) is 1.44. The fourth-order valence-corrected chi connectivity index (χ4v) is 1.57. The number of nitro groups is 1. The van der Waals surface area contributed by atoms with Crippen LogP contribution in [0.5, 0.6) is 0 Å². The lowest BCUT2D eigenvalue weighted by molar-refractivity contribution is -0.384. The number of nitro benzene ring substituents is 1. The number of non-ortho nitro benzene ring substituents is 1. The molecule has 0 spiro atoms. The summed E-state index contributed by atoms with van der Waals surface area (Å²) in [5.74, 6) is 4.35. The number of hydrogen-bond acceptors (Lipinski definition) is 6. The zero-order valence-electron chi connectivity index (χ0n) is 9.57. The van der Waals surface area contributed by atoms with Gasteiger partial charge >= 0.3 is 0 Å². The molecule has 0 saturated heterocycles. The second-order valence-electron chi connectivity index (χ2n) is 3.70. The van der Waals surface area contributed by atoms with Gasteiger partial charge in [-0.2, -0.15) is 0 Å². The van der Waals surface area contributed by atoms with Crippen molar-refractivity contribution < 1.29 is 9.72 Å². The standard InChI is InChI=1S/C10H9N5O4/c11-13-9(16)4-14-5-12-8-2-1-6(15(18)19)3-7(8)10(14)17/h1-3,5H,4,11H2,(H,13,16). The van der Waals surface area contributed by atoms with E-state index < -0.39 is 16.4 Å². The first-order chi connectivity index (χ1) is 9.02. The van der Waals surface area contributed by atoms with E-state index in [0.717, 1.165) is 10.6 Å². The Kier molecular flexibility index (Phi) is 3.21. The first kappa shape index (κ1) is 12.6. The van der Waals surface area contributed by atoms with Crippen LogP contribution in [0.2, 0.25) is 0 Å². The SMILES string of the molecule is NNC(=O)Cn1cnc2ccc([N+](=O)[O-])cc2c1=O. The molecule has 9 heteroatoms. The van der Waals surface area contributed by atoms with E-state index in [-0.39, 0.29) is 17.6 Å². The quantitative estimate of drug-likeness (QED) is 0.325. The van der Waals surface area contributed by atoms with Crippen molar-refractivity contribution in [3.63, 3.8) is 0 Å². The third kappa shape index (κ3) is 2.40. The number of carbonyl (C=O) groups is 1. The molecule has 0 aliphatic rings. The van der Waals surface area contributed by atoms with Crippen molar-refractivity contribution >= 4 is 22.5 Å². The van der Waals surface area contributed by atoms with Crippen LogP contribution in [0.1, 0.15) is 0 Å². The van der Waals surface area contributed by atoms with E-state index in [1.165, 1.54) is 18.5 Å². The fourth-order valence-electron chi connectivity index (χ4n) is 1.57. The molecule has 1 aromatic carbocycles. The largest absolute Gasteiger partial charge is 0.293 e. The van der Waals surface area contributed by atoms with Crippen molar-refractivity contribution in [2.24, 2.45) is 5.84 Å². The van der Waals surface area contributed by atoms with Crippen LogP contribution >= 0.6 is 0 Å². The molecule has 98 valence electrons. The minimum absolute atomic E-state index is 0.0709. The molecule has 0 saturated carbocycles. The van der Waals surface area contributed by atoms with Crippen LogP contribution in [0.4, 0.5) is 5.69 Å². The molecule has 1 amide bonds. The van der Waals surface area contributed by atoms with Crippen molar-refractivity contribution in [2.75, 3.05) is 0 Å². The Bertz CT molecular complexity index is 723. The number of nitrogens with one attached hydrogen (secondary N) is 1. The maximum atomic E-state index is 12.0. The van der Waals surface area contributed by atoms with E-state index in [9.17, 15) is 19.7 Å². The van der Waals surface area contributed by atoms with Crippen molar-refractivity contribution in [1.82, 2.24) is 15.0 Å². The number of carbonyl (C=O) groups excluding carboxylic acids is 1. The molecule has 0 fully saturated rings. The topological polar surface area (TPSA) is 133 Å². The van der Waals surface area contributed by atoms with Gasteiger partial charge < -0.3 is 0 Å². The smallest absolute Gasteiger partial charge is 0.270 e. The number of fused-ring (bicyclic) bond motifs is 1. The normalized spacial score (nSPS) is 10.4. The first-order valence-corrected chi connectivity index (χ1v) is 5.16. The number of hydrazine groups is 1.